The summed E-state index contributed by atoms with van der Waals surface area (Å²) in [5.74, 6) is 0.402. The lowest BCUT2D eigenvalue weighted by Gasteiger charge is -2.09. The molecule has 2 aromatic carbocycles. The van der Waals surface area contributed by atoms with Gasteiger partial charge in [-0.1, -0.05) is 33.8 Å². The van der Waals surface area contributed by atoms with E-state index in [1.807, 2.05) is 42.5 Å². The van der Waals surface area contributed by atoms with Gasteiger partial charge in [-0.05, 0) is 42.5 Å². The number of hydrogen-bond acceptors (Lipinski definition) is 5. The van der Waals surface area contributed by atoms with E-state index in [-0.39, 0.29) is 18.2 Å². The van der Waals surface area contributed by atoms with Gasteiger partial charge in [0, 0.05) is 23.6 Å². The third-order valence-electron chi connectivity index (χ3n) is 3.92. The molecule has 1 atom stereocenters. The molecule has 1 saturated heterocycles. The second kappa shape index (κ2) is 8.58. The minimum atomic E-state index is -0.487. The first kappa shape index (κ1) is 19.4. The van der Waals surface area contributed by atoms with Crippen LogP contribution < -0.4 is 10.1 Å². The van der Waals surface area contributed by atoms with E-state index in [0.717, 1.165) is 15.9 Å². The molecule has 1 fully saturated rings. The molecule has 1 aliphatic heterocycles. The summed E-state index contributed by atoms with van der Waals surface area (Å²) in [7, 11) is 3.27. The third kappa shape index (κ3) is 4.90. The van der Waals surface area contributed by atoms with Gasteiger partial charge in [0.25, 0.3) is 0 Å². The number of nitrogens with one attached hydrogen (secondary N) is 1. The van der Waals surface area contributed by atoms with E-state index in [0.29, 0.717) is 10.9 Å². The Morgan fingerprint density at radius 1 is 1.30 bits per heavy atom. The lowest BCUT2D eigenvalue weighted by atomic mass is 10.2. The molecule has 1 N–H and O–H groups in total. The fourth-order valence-electron chi connectivity index (χ4n) is 2.51. The van der Waals surface area contributed by atoms with Gasteiger partial charge in [-0.3, -0.25) is 14.5 Å². The summed E-state index contributed by atoms with van der Waals surface area (Å²) in [4.78, 5) is 30.8. The van der Waals surface area contributed by atoms with Crippen LogP contribution in [0.25, 0.3) is 0 Å². The number of amides is 2. The molecule has 0 unspecified atom stereocenters. The summed E-state index contributed by atoms with van der Waals surface area (Å²) in [6.45, 7) is 0. The highest BCUT2D eigenvalue weighted by molar-refractivity contribution is 9.10. The fraction of sp³-hybridized carbons (Fsp3) is 0.211. The molecule has 6 nitrogen and oxygen atoms in total. The summed E-state index contributed by atoms with van der Waals surface area (Å²) >= 11 is 4.67. The fourth-order valence-corrected chi connectivity index (χ4v) is 4.06. The topological polar surface area (TPSA) is 71.0 Å². The van der Waals surface area contributed by atoms with Crippen molar-refractivity contribution in [3.05, 3.63) is 53.0 Å². The van der Waals surface area contributed by atoms with E-state index in [4.69, 9.17) is 4.74 Å². The SMILES string of the molecule is COc1ccc(N=C2S[C@H](CC(=O)Nc3cccc(Br)c3)C(=O)N2C)cc1. The smallest absolute Gasteiger partial charge is 0.242 e. The number of carbonyl (C=O) groups is 2. The van der Waals surface area contributed by atoms with E-state index < -0.39 is 5.25 Å². The molecule has 1 heterocycles. The minimum Gasteiger partial charge on any atom is -0.497 e. The maximum atomic E-state index is 12.5. The molecular weight excluding hydrogens is 430 g/mol. The number of halogens is 1. The first-order chi connectivity index (χ1) is 13.0. The van der Waals surface area contributed by atoms with Gasteiger partial charge in [0.15, 0.2) is 5.17 Å². The molecule has 8 heteroatoms. The van der Waals surface area contributed by atoms with E-state index >= 15 is 0 Å². The number of ether oxygens (including phenoxy) is 1. The van der Waals surface area contributed by atoms with Crippen molar-refractivity contribution in [2.75, 3.05) is 19.5 Å². The standard InChI is InChI=1S/C19H18BrN3O3S/c1-23-18(25)16(11-17(24)21-14-5-3-4-12(20)10-14)27-19(23)22-13-6-8-15(26-2)9-7-13/h3-10,16H,11H2,1-2H3,(H,21,24)/t16-/m1/s1. The average Bonchev–Trinajstić information content (AvgIpc) is 2.90. The quantitative estimate of drug-likeness (QED) is 0.750. The van der Waals surface area contributed by atoms with Gasteiger partial charge in [0.2, 0.25) is 11.8 Å². The van der Waals surface area contributed by atoms with Crippen molar-refractivity contribution in [1.29, 1.82) is 0 Å². The normalized spacial score (nSPS) is 18.0. The van der Waals surface area contributed by atoms with Gasteiger partial charge < -0.3 is 10.1 Å². The second-order valence-electron chi connectivity index (χ2n) is 5.86. The number of rotatable bonds is 5. The summed E-state index contributed by atoms with van der Waals surface area (Å²) in [5.41, 5.74) is 1.41. The first-order valence-electron chi connectivity index (χ1n) is 8.18. The molecule has 0 spiro atoms. The Hall–Kier alpha value is -2.32. The Morgan fingerprint density at radius 3 is 2.70 bits per heavy atom. The molecule has 1 aliphatic rings. The largest absolute Gasteiger partial charge is 0.497 e. The Balaban J connectivity index is 1.66. The van der Waals surface area contributed by atoms with Gasteiger partial charge in [-0.2, -0.15) is 0 Å². The summed E-state index contributed by atoms with van der Waals surface area (Å²) in [5, 5.41) is 2.90. The van der Waals surface area contributed by atoms with Crippen LogP contribution in [0.4, 0.5) is 11.4 Å². The van der Waals surface area contributed by atoms with Crippen molar-refractivity contribution >= 4 is 56.0 Å². The van der Waals surface area contributed by atoms with E-state index in [9.17, 15) is 9.59 Å². The van der Waals surface area contributed by atoms with Crippen LogP contribution >= 0.6 is 27.7 Å². The molecule has 0 aromatic heterocycles. The molecule has 27 heavy (non-hydrogen) atoms. The van der Waals surface area contributed by atoms with Crippen LogP contribution in [0.5, 0.6) is 5.75 Å². The zero-order valence-corrected chi connectivity index (χ0v) is 17.2. The zero-order valence-electron chi connectivity index (χ0n) is 14.8. The highest BCUT2D eigenvalue weighted by Gasteiger charge is 2.37. The van der Waals surface area contributed by atoms with Gasteiger partial charge in [0.1, 0.15) is 11.0 Å². The van der Waals surface area contributed by atoms with Crippen molar-refractivity contribution in [1.82, 2.24) is 4.90 Å². The van der Waals surface area contributed by atoms with Gasteiger partial charge in [-0.25, -0.2) is 4.99 Å². The first-order valence-corrected chi connectivity index (χ1v) is 9.86. The van der Waals surface area contributed by atoms with Gasteiger partial charge >= 0.3 is 0 Å². The monoisotopic (exact) mass is 447 g/mol. The predicted octanol–water partition coefficient (Wildman–Crippen LogP) is 4.05. The zero-order chi connectivity index (χ0) is 19.4. The summed E-state index contributed by atoms with van der Waals surface area (Å²) < 4.78 is 6.00. The number of hydrogen-bond donors (Lipinski definition) is 1. The third-order valence-corrected chi connectivity index (χ3v) is 5.64. The van der Waals surface area contributed by atoms with E-state index in [1.54, 1.807) is 20.2 Å². The summed E-state index contributed by atoms with van der Waals surface area (Å²) in [6.07, 6.45) is 0.0853. The van der Waals surface area contributed by atoms with Crippen molar-refractivity contribution in [3.8, 4) is 5.75 Å². The number of methoxy groups -OCH3 is 1. The number of aliphatic imine (C=N–C) groups is 1. The highest BCUT2D eigenvalue weighted by atomic mass is 79.9. The highest BCUT2D eigenvalue weighted by Crippen LogP contribution is 2.31. The van der Waals surface area contributed by atoms with Crippen LogP contribution in [-0.2, 0) is 9.59 Å². The molecule has 2 amide bonds. The Labute approximate surface area is 170 Å². The van der Waals surface area contributed by atoms with Crippen LogP contribution in [0.3, 0.4) is 0 Å². The second-order valence-corrected chi connectivity index (χ2v) is 7.94. The Bertz CT molecular complexity index is 886. The predicted molar refractivity (Wildman–Crippen MR) is 112 cm³/mol. The van der Waals surface area contributed by atoms with Gasteiger partial charge in [-0.15, -0.1) is 0 Å². The van der Waals surface area contributed by atoms with Crippen molar-refractivity contribution in [2.24, 2.45) is 4.99 Å². The molecule has 0 radical (unpaired) electrons. The van der Waals surface area contributed by atoms with Crippen molar-refractivity contribution in [3.63, 3.8) is 0 Å². The lowest BCUT2D eigenvalue weighted by molar-refractivity contribution is -0.127. The van der Waals surface area contributed by atoms with Crippen LogP contribution in [0.15, 0.2) is 58.0 Å². The molecular formula is C19H18BrN3O3S. The van der Waals surface area contributed by atoms with Crippen LogP contribution in [0.2, 0.25) is 0 Å². The number of amidine groups is 1. The number of anilines is 1. The van der Waals surface area contributed by atoms with Crippen LogP contribution in [0, 0.1) is 0 Å². The molecule has 0 aliphatic carbocycles. The molecule has 3 rings (SSSR count). The average molecular weight is 448 g/mol. The van der Waals surface area contributed by atoms with Crippen LogP contribution in [-0.4, -0.2) is 41.3 Å². The minimum absolute atomic E-state index is 0.0853. The maximum absolute atomic E-state index is 12.5. The number of carbonyl (C=O) groups excluding carboxylic acids is 2. The maximum Gasteiger partial charge on any atom is 0.242 e. The van der Waals surface area contributed by atoms with Gasteiger partial charge in [0.05, 0.1) is 12.8 Å². The molecule has 2 aromatic rings. The van der Waals surface area contributed by atoms with E-state index in [2.05, 4.69) is 26.2 Å². The molecule has 0 bridgehead atoms. The van der Waals surface area contributed by atoms with Crippen molar-refractivity contribution in [2.45, 2.75) is 11.7 Å². The molecule has 0 saturated carbocycles. The Kier molecular flexibility index (Phi) is 6.18. The van der Waals surface area contributed by atoms with Crippen LogP contribution in [0.1, 0.15) is 6.42 Å². The van der Waals surface area contributed by atoms with Crippen molar-refractivity contribution < 1.29 is 14.3 Å². The number of thioether (sulfide) groups is 1. The Morgan fingerprint density at radius 2 is 2.04 bits per heavy atom. The number of benzene rings is 2. The summed E-state index contributed by atoms with van der Waals surface area (Å²) in [6, 6.07) is 14.6. The molecule has 140 valence electrons. The number of nitrogens with zero attached hydrogens (tertiary/aromatic N) is 2. The lowest BCUT2D eigenvalue weighted by Crippen LogP contribution is -2.30. The van der Waals surface area contributed by atoms with E-state index in [1.165, 1.54) is 16.7 Å².